The molecule has 1 fully saturated rings. The van der Waals surface area contributed by atoms with Crippen LogP contribution in [0, 0.1) is 0 Å². The lowest BCUT2D eigenvalue weighted by molar-refractivity contribution is -0.137. The van der Waals surface area contributed by atoms with Gasteiger partial charge in [-0.1, -0.05) is 12.1 Å². The minimum Gasteiger partial charge on any atom is -0.395 e. The normalized spacial score (nSPS) is 20.1. The molecule has 1 aromatic rings. The number of rotatable bonds is 6. The Hall–Kier alpha value is -1.11. The highest BCUT2D eigenvalue weighted by molar-refractivity contribution is 5.24. The first-order valence-corrected chi connectivity index (χ1v) is 7.22. The lowest BCUT2D eigenvalue weighted by atomic mass is 10.1. The largest absolute Gasteiger partial charge is 0.416 e. The molecule has 0 aliphatic carbocycles. The monoisotopic (exact) mass is 302 g/mol. The van der Waals surface area contributed by atoms with E-state index in [2.05, 4.69) is 10.2 Å². The number of hydrogen-bond donors (Lipinski definition) is 2. The van der Waals surface area contributed by atoms with Gasteiger partial charge in [0.2, 0.25) is 0 Å². The van der Waals surface area contributed by atoms with E-state index in [0.29, 0.717) is 6.54 Å². The van der Waals surface area contributed by atoms with Crippen molar-refractivity contribution in [2.45, 2.75) is 31.6 Å². The number of aliphatic hydroxyl groups is 1. The zero-order valence-electron chi connectivity index (χ0n) is 11.9. The first-order chi connectivity index (χ1) is 10.0. The van der Waals surface area contributed by atoms with E-state index in [4.69, 9.17) is 0 Å². The van der Waals surface area contributed by atoms with Gasteiger partial charge in [0.05, 0.1) is 12.2 Å². The van der Waals surface area contributed by atoms with E-state index >= 15 is 0 Å². The first kappa shape index (κ1) is 16.3. The summed E-state index contributed by atoms with van der Waals surface area (Å²) in [5, 5.41) is 12.4. The highest BCUT2D eigenvalue weighted by Crippen LogP contribution is 2.29. The van der Waals surface area contributed by atoms with Crippen LogP contribution in [0.2, 0.25) is 0 Å². The van der Waals surface area contributed by atoms with Gasteiger partial charge in [0.15, 0.2) is 0 Å². The van der Waals surface area contributed by atoms with Gasteiger partial charge in [0.1, 0.15) is 0 Å². The minimum absolute atomic E-state index is 0.193. The number of nitrogens with one attached hydrogen (secondary N) is 1. The van der Waals surface area contributed by atoms with Crippen LogP contribution in [0.15, 0.2) is 24.3 Å². The maximum absolute atomic E-state index is 12.4. The molecule has 0 spiro atoms. The molecular weight excluding hydrogens is 281 g/mol. The fraction of sp³-hybridized carbons (Fsp3) is 0.600. The summed E-state index contributed by atoms with van der Waals surface area (Å²) in [6, 6.07) is 5.49. The topological polar surface area (TPSA) is 35.5 Å². The smallest absolute Gasteiger partial charge is 0.395 e. The van der Waals surface area contributed by atoms with Gasteiger partial charge < -0.3 is 10.4 Å². The van der Waals surface area contributed by atoms with Crippen LogP contribution in [-0.2, 0) is 12.7 Å². The van der Waals surface area contributed by atoms with Crippen LogP contribution < -0.4 is 5.32 Å². The van der Waals surface area contributed by atoms with Crippen molar-refractivity contribution in [2.24, 2.45) is 0 Å². The molecular formula is C15H21F3N2O. The standard InChI is InChI=1S/C15H21F3N2O/c16-15(17,18)13-5-3-12(4-6-13)10-19-7-9-20-8-1-2-14(20)11-21/h3-6,14,19,21H,1-2,7-11H2. The minimum atomic E-state index is -4.28. The Kier molecular flexibility index (Phi) is 5.61. The van der Waals surface area contributed by atoms with Gasteiger partial charge in [-0.25, -0.2) is 0 Å². The van der Waals surface area contributed by atoms with Crippen molar-refractivity contribution in [2.75, 3.05) is 26.2 Å². The Bertz CT molecular complexity index is 434. The van der Waals surface area contributed by atoms with E-state index in [1.54, 1.807) is 0 Å². The maximum Gasteiger partial charge on any atom is 0.416 e. The van der Waals surface area contributed by atoms with E-state index < -0.39 is 11.7 Å². The van der Waals surface area contributed by atoms with E-state index in [1.165, 1.54) is 12.1 Å². The summed E-state index contributed by atoms with van der Waals surface area (Å²) in [5.74, 6) is 0. The summed E-state index contributed by atoms with van der Waals surface area (Å²) in [6.07, 6.45) is -2.12. The summed E-state index contributed by atoms with van der Waals surface area (Å²) in [7, 11) is 0. The number of nitrogens with zero attached hydrogens (tertiary/aromatic N) is 1. The van der Waals surface area contributed by atoms with Gasteiger partial charge in [-0.3, -0.25) is 4.90 Å². The van der Waals surface area contributed by atoms with Crippen LogP contribution in [0.25, 0.3) is 0 Å². The fourth-order valence-electron chi connectivity index (χ4n) is 2.66. The van der Waals surface area contributed by atoms with Gasteiger partial charge in [-0.15, -0.1) is 0 Å². The molecule has 1 unspecified atom stereocenters. The van der Waals surface area contributed by atoms with Gasteiger partial charge in [0.25, 0.3) is 0 Å². The van der Waals surface area contributed by atoms with Gasteiger partial charge >= 0.3 is 6.18 Å². The van der Waals surface area contributed by atoms with Crippen molar-refractivity contribution >= 4 is 0 Å². The van der Waals surface area contributed by atoms with E-state index in [-0.39, 0.29) is 12.6 Å². The molecule has 1 saturated heterocycles. The van der Waals surface area contributed by atoms with E-state index in [0.717, 1.165) is 50.2 Å². The van der Waals surface area contributed by atoms with Gasteiger partial charge in [-0.05, 0) is 37.1 Å². The molecule has 1 aromatic carbocycles. The predicted octanol–water partition coefficient (Wildman–Crippen LogP) is 2.25. The Balaban J connectivity index is 1.71. The average Bonchev–Trinajstić information content (AvgIpc) is 2.90. The third-order valence-electron chi connectivity index (χ3n) is 3.90. The quantitative estimate of drug-likeness (QED) is 0.791. The summed E-state index contributed by atoms with van der Waals surface area (Å²) < 4.78 is 37.3. The number of halogens is 3. The third kappa shape index (κ3) is 4.69. The molecule has 1 atom stereocenters. The molecule has 0 radical (unpaired) electrons. The Morgan fingerprint density at radius 3 is 2.57 bits per heavy atom. The molecule has 1 aliphatic rings. The fourth-order valence-corrected chi connectivity index (χ4v) is 2.66. The molecule has 118 valence electrons. The molecule has 21 heavy (non-hydrogen) atoms. The van der Waals surface area contributed by atoms with E-state index in [9.17, 15) is 18.3 Å². The van der Waals surface area contributed by atoms with Crippen LogP contribution in [0.4, 0.5) is 13.2 Å². The molecule has 2 N–H and O–H groups in total. The molecule has 0 saturated carbocycles. The number of hydrogen-bond acceptors (Lipinski definition) is 3. The lowest BCUT2D eigenvalue weighted by Crippen LogP contribution is -2.37. The molecule has 0 bridgehead atoms. The lowest BCUT2D eigenvalue weighted by Gasteiger charge is -2.22. The first-order valence-electron chi connectivity index (χ1n) is 7.22. The van der Waals surface area contributed by atoms with Crippen LogP contribution >= 0.6 is 0 Å². The van der Waals surface area contributed by atoms with Crippen molar-refractivity contribution < 1.29 is 18.3 Å². The number of likely N-dealkylation sites (tertiary alicyclic amines) is 1. The molecule has 0 aromatic heterocycles. The molecule has 3 nitrogen and oxygen atoms in total. The second-order valence-corrected chi connectivity index (χ2v) is 5.39. The van der Waals surface area contributed by atoms with Crippen molar-refractivity contribution in [1.29, 1.82) is 0 Å². The van der Waals surface area contributed by atoms with Crippen molar-refractivity contribution in [3.63, 3.8) is 0 Å². The second kappa shape index (κ2) is 7.24. The van der Waals surface area contributed by atoms with Crippen LogP contribution in [0.3, 0.4) is 0 Å². The van der Waals surface area contributed by atoms with Crippen molar-refractivity contribution in [3.05, 3.63) is 35.4 Å². The predicted molar refractivity (Wildman–Crippen MR) is 74.8 cm³/mol. The molecule has 0 amide bonds. The highest BCUT2D eigenvalue weighted by atomic mass is 19.4. The summed E-state index contributed by atoms with van der Waals surface area (Å²) in [5.41, 5.74) is 0.220. The Morgan fingerprint density at radius 1 is 1.24 bits per heavy atom. The van der Waals surface area contributed by atoms with Crippen LogP contribution in [0.5, 0.6) is 0 Å². The SMILES string of the molecule is OCC1CCCN1CCNCc1ccc(C(F)(F)F)cc1. The zero-order valence-corrected chi connectivity index (χ0v) is 11.9. The average molecular weight is 302 g/mol. The molecule has 1 heterocycles. The van der Waals surface area contributed by atoms with Crippen LogP contribution in [0.1, 0.15) is 24.0 Å². The Labute approximate surface area is 122 Å². The summed E-state index contributed by atoms with van der Waals surface area (Å²) in [6.45, 7) is 3.37. The number of aliphatic hydroxyl groups excluding tert-OH is 1. The summed E-state index contributed by atoms with van der Waals surface area (Å²) >= 11 is 0. The van der Waals surface area contributed by atoms with E-state index in [1.807, 2.05) is 0 Å². The number of benzene rings is 1. The highest BCUT2D eigenvalue weighted by Gasteiger charge is 2.29. The van der Waals surface area contributed by atoms with Gasteiger partial charge in [-0.2, -0.15) is 13.2 Å². The molecule has 1 aliphatic heterocycles. The Morgan fingerprint density at radius 2 is 1.95 bits per heavy atom. The van der Waals surface area contributed by atoms with Crippen molar-refractivity contribution in [3.8, 4) is 0 Å². The van der Waals surface area contributed by atoms with Crippen molar-refractivity contribution in [1.82, 2.24) is 10.2 Å². The second-order valence-electron chi connectivity index (χ2n) is 5.39. The maximum atomic E-state index is 12.4. The molecule has 2 rings (SSSR count). The molecule has 6 heteroatoms. The third-order valence-corrected chi connectivity index (χ3v) is 3.90. The summed E-state index contributed by atoms with van der Waals surface area (Å²) in [4.78, 5) is 2.25. The van der Waals surface area contributed by atoms with Gasteiger partial charge in [0, 0.05) is 25.7 Å². The zero-order chi connectivity index (χ0) is 15.3. The van der Waals surface area contributed by atoms with Crippen LogP contribution in [-0.4, -0.2) is 42.3 Å². The number of alkyl halides is 3.